The Bertz CT molecular complexity index is 1080. The molecule has 3 nitrogen and oxygen atoms in total. The molecule has 0 N–H and O–H groups in total. The summed E-state index contributed by atoms with van der Waals surface area (Å²) in [4.78, 5) is 11.6. The van der Waals surface area contributed by atoms with E-state index in [0.717, 1.165) is 22.3 Å². The summed E-state index contributed by atoms with van der Waals surface area (Å²) in [5.74, 6) is -0.415. The molecule has 3 rings (SSSR count). The highest BCUT2D eigenvalue weighted by molar-refractivity contribution is 5.71. The molecule has 0 unspecified atom stereocenters. The van der Waals surface area contributed by atoms with Gasteiger partial charge < -0.3 is 9.47 Å². The van der Waals surface area contributed by atoms with E-state index in [1.54, 1.807) is 31.2 Å². The molecule has 0 fully saturated rings. The Kier molecular flexibility index (Phi) is 7.40. The molecular weight excluding hydrogens is 398 g/mol. The predicted octanol–water partition coefficient (Wildman–Crippen LogP) is 5.98. The Hall–Kier alpha value is -3.21. The van der Waals surface area contributed by atoms with E-state index in [1.807, 2.05) is 26.0 Å². The number of ether oxygens (including phenoxy) is 2. The van der Waals surface area contributed by atoms with Crippen LogP contribution in [0.15, 0.2) is 54.6 Å². The van der Waals surface area contributed by atoms with Gasteiger partial charge in [-0.3, -0.25) is 0 Å². The second kappa shape index (κ2) is 10.2. The van der Waals surface area contributed by atoms with Gasteiger partial charge in [0.2, 0.25) is 0 Å². The highest BCUT2D eigenvalue weighted by Crippen LogP contribution is 2.28. The van der Waals surface area contributed by atoms with E-state index < -0.39 is 5.97 Å². The molecule has 3 aromatic carbocycles. The smallest absolute Gasteiger partial charge is 0.344 e. The molecule has 0 aromatic heterocycles. The zero-order valence-corrected chi connectivity index (χ0v) is 18.0. The maximum absolute atomic E-state index is 14.5. The van der Waals surface area contributed by atoms with Crippen molar-refractivity contribution in [3.05, 3.63) is 88.5 Å². The van der Waals surface area contributed by atoms with Crippen molar-refractivity contribution in [2.45, 2.75) is 33.6 Å². The van der Waals surface area contributed by atoms with E-state index >= 15 is 0 Å². The number of carbonyl (C=O) groups excluding carboxylic acids is 1. The molecule has 0 aliphatic rings. The fourth-order valence-electron chi connectivity index (χ4n) is 3.62. The number of aryl methyl sites for hydroxylation is 2. The van der Waals surface area contributed by atoms with E-state index in [-0.39, 0.29) is 18.2 Å². The van der Waals surface area contributed by atoms with Gasteiger partial charge in [0.1, 0.15) is 17.4 Å². The van der Waals surface area contributed by atoms with E-state index in [0.29, 0.717) is 36.3 Å². The van der Waals surface area contributed by atoms with Crippen LogP contribution in [0.1, 0.15) is 29.2 Å². The first-order chi connectivity index (χ1) is 14.9. The van der Waals surface area contributed by atoms with Gasteiger partial charge in [0, 0.05) is 0 Å². The second-order valence-corrected chi connectivity index (χ2v) is 7.39. The molecule has 0 amide bonds. The Balaban J connectivity index is 1.78. The normalized spacial score (nSPS) is 10.7. The van der Waals surface area contributed by atoms with Crippen LogP contribution in [-0.2, 0) is 22.4 Å². The molecule has 0 spiro atoms. The average Bonchev–Trinajstić information content (AvgIpc) is 2.74. The van der Waals surface area contributed by atoms with Crippen molar-refractivity contribution >= 4 is 5.97 Å². The molecule has 31 heavy (non-hydrogen) atoms. The highest BCUT2D eigenvalue weighted by Gasteiger charge is 2.13. The van der Waals surface area contributed by atoms with Crippen LogP contribution in [0.25, 0.3) is 11.1 Å². The molecule has 5 heteroatoms. The van der Waals surface area contributed by atoms with Gasteiger partial charge in [0.15, 0.2) is 6.61 Å². The number of halogens is 2. The summed E-state index contributed by atoms with van der Waals surface area (Å²) in [5.41, 5.74) is 5.10. The summed E-state index contributed by atoms with van der Waals surface area (Å²) in [6.45, 7) is 5.83. The summed E-state index contributed by atoms with van der Waals surface area (Å²) >= 11 is 0. The summed E-state index contributed by atoms with van der Waals surface area (Å²) in [6, 6.07) is 14.9. The van der Waals surface area contributed by atoms with Gasteiger partial charge >= 0.3 is 5.97 Å². The fourth-order valence-corrected chi connectivity index (χ4v) is 3.62. The van der Waals surface area contributed by atoms with Crippen LogP contribution >= 0.6 is 0 Å². The lowest BCUT2D eigenvalue weighted by Crippen LogP contribution is -2.15. The quantitative estimate of drug-likeness (QED) is 0.418. The van der Waals surface area contributed by atoms with Crippen molar-refractivity contribution in [1.82, 2.24) is 0 Å². The van der Waals surface area contributed by atoms with E-state index in [4.69, 9.17) is 9.47 Å². The van der Waals surface area contributed by atoms with Gasteiger partial charge in [0.05, 0.1) is 6.61 Å². The fraction of sp³-hybridized carbons (Fsp3) is 0.269. The maximum atomic E-state index is 14.5. The minimum Gasteiger partial charge on any atom is -0.482 e. The van der Waals surface area contributed by atoms with Crippen LogP contribution in [0.2, 0.25) is 0 Å². The van der Waals surface area contributed by atoms with Crippen molar-refractivity contribution in [3.63, 3.8) is 0 Å². The molecule has 0 bridgehead atoms. The van der Waals surface area contributed by atoms with Crippen molar-refractivity contribution in [2.75, 3.05) is 13.2 Å². The molecule has 0 atom stereocenters. The lowest BCUT2D eigenvalue weighted by atomic mass is 9.94. The first-order valence-electron chi connectivity index (χ1n) is 10.3. The third-order valence-corrected chi connectivity index (χ3v) is 5.28. The molecule has 0 heterocycles. The van der Waals surface area contributed by atoms with Crippen molar-refractivity contribution in [1.29, 1.82) is 0 Å². The zero-order chi connectivity index (χ0) is 22.4. The monoisotopic (exact) mass is 424 g/mol. The number of carbonyl (C=O) groups is 1. The minimum atomic E-state index is -0.416. The first kappa shape index (κ1) is 22.5. The highest BCUT2D eigenvalue weighted by atomic mass is 19.1. The number of esters is 1. The van der Waals surface area contributed by atoms with Crippen molar-refractivity contribution in [2.24, 2.45) is 0 Å². The van der Waals surface area contributed by atoms with Crippen molar-refractivity contribution in [3.8, 4) is 16.9 Å². The number of hydrogen-bond acceptors (Lipinski definition) is 3. The molecule has 0 aliphatic carbocycles. The van der Waals surface area contributed by atoms with E-state index in [1.165, 1.54) is 18.2 Å². The molecular formula is C26H26F2O3. The van der Waals surface area contributed by atoms with E-state index in [2.05, 4.69) is 0 Å². The van der Waals surface area contributed by atoms with E-state index in [9.17, 15) is 13.6 Å². The van der Waals surface area contributed by atoms with Crippen LogP contribution in [0.5, 0.6) is 5.75 Å². The Morgan fingerprint density at radius 2 is 1.71 bits per heavy atom. The lowest BCUT2D eigenvalue weighted by molar-refractivity contribution is -0.145. The number of rotatable bonds is 8. The predicted molar refractivity (Wildman–Crippen MR) is 117 cm³/mol. The lowest BCUT2D eigenvalue weighted by Gasteiger charge is -2.15. The average molecular weight is 424 g/mol. The number of hydrogen-bond donors (Lipinski definition) is 0. The molecule has 3 aromatic rings. The third-order valence-electron chi connectivity index (χ3n) is 5.28. The largest absolute Gasteiger partial charge is 0.482 e. The van der Waals surface area contributed by atoms with Crippen LogP contribution in [0.3, 0.4) is 0 Å². The Morgan fingerprint density at radius 3 is 2.45 bits per heavy atom. The van der Waals surface area contributed by atoms with Gasteiger partial charge in [-0.2, -0.15) is 0 Å². The first-order valence-corrected chi connectivity index (χ1v) is 10.3. The van der Waals surface area contributed by atoms with Crippen LogP contribution < -0.4 is 4.74 Å². The van der Waals surface area contributed by atoms with Gasteiger partial charge in [-0.15, -0.1) is 0 Å². The minimum absolute atomic E-state index is 0.151. The summed E-state index contributed by atoms with van der Waals surface area (Å²) < 4.78 is 38.6. The second-order valence-electron chi connectivity index (χ2n) is 7.39. The third kappa shape index (κ3) is 5.69. The summed E-state index contributed by atoms with van der Waals surface area (Å²) in [7, 11) is 0. The summed E-state index contributed by atoms with van der Waals surface area (Å²) in [6.07, 6.45) is 1.09. The molecule has 0 saturated carbocycles. The Labute approximate surface area is 181 Å². The van der Waals surface area contributed by atoms with Crippen molar-refractivity contribution < 1.29 is 23.0 Å². The maximum Gasteiger partial charge on any atom is 0.344 e. The van der Waals surface area contributed by atoms with Crippen LogP contribution in [0.4, 0.5) is 8.78 Å². The van der Waals surface area contributed by atoms with Gasteiger partial charge in [-0.25, -0.2) is 13.6 Å². The topological polar surface area (TPSA) is 35.5 Å². The van der Waals surface area contributed by atoms with Gasteiger partial charge in [-0.05, 0) is 97.3 Å². The van der Waals surface area contributed by atoms with Crippen LogP contribution in [-0.4, -0.2) is 19.2 Å². The van der Waals surface area contributed by atoms with Gasteiger partial charge in [0.25, 0.3) is 0 Å². The molecule has 0 radical (unpaired) electrons. The molecule has 0 aliphatic heterocycles. The van der Waals surface area contributed by atoms with Gasteiger partial charge in [-0.1, -0.05) is 24.3 Å². The molecule has 0 saturated heterocycles. The SMILES string of the molecule is CCOC(=O)COc1ccc(C)c(CCc2cc(-c3cccc(F)c3)ccc2F)c1C. The molecule has 162 valence electrons. The standard InChI is InChI=1S/C26H26F2O3/c1-4-30-26(29)16-31-25-13-8-17(2)23(18(25)3)11-9-21-14-20(10-12-24(21)28)19-6-5-7-22(27)15-19/h5-8,10,12-15H,4,9,11,16H2,1-3H3. The summed E-state index contributed by atoms with van der Waals surface area (Å²) in [5, 5.41) is 0. The number of benzene rings is 3. The Morgan fingerprint density at radius 1 is 0.935 bits per heavy atom. The van der Waals surface area contributed by atoms with Crippen LogP contribution in [0, 0.1) is 25.5 Å². The zero-order valence-electron chi connectivity index (χ0n) is 18.0.